The molecule has 1 heterocycles. The molecule has 1 N–H and O–H groups in total. The molecule has 0 unspecified atom stereocenters. The van der Waals surface area contributed by atoms with Gasteiger partial charge in [-0.05, 0) is 63.1 Å². The third kappa shape index (κ3) is 4.63. The molecule has 0 aliphatic carbocycles. The summed E-state index contributed by atoms with van der Waals surface area (Å²) in [6.07, 6.45) is 1.09. The molecule has 0 saturated carbocycles. The SMILES string of the molecule is CCC(=O)N1c2ccc(C)cc2[C@H](N(C(=O)Nc2ccccc2)c2ccc(C)cc2)C[C@H]1C. The van der Waals surface area contributed by atoms with Crippen molar-refractivity contribution in [3.05, 3.63) is 89.5 Å². The maximum absolute atomic E-state index is 13.7. The summed E-state index contributed by atoms with van der Waals surface area (Å²) in [6.45, 7) is 8.03. The fourth-order valence-electron chi connectivity index (χ4n) is 4.60. The molecule has 5 heteroatoms. The highest BCUT2D eigenvalue weighted by Gasteiger charge is 2.38. The number of urea groups is 1. The Morgan fingerprint density at radius 3 is 2.30 bits per heavy atom. The van der Waals surface area contributed by atoms with E-state index in [-0.39, 0.29) is 24.0 Å². The molecule has 5 nitrogen and oxygen atoms in total. The predicted molar refractivity (Wildman–Crippen MR) is 135 cm³/mol. The van der Waals surface area contributed by atoms with Crippen LogP contribution in [-0.4, -0.2) is 18.0 Å². The number of amides is 3. The van der Waals surface area contributed by atoms with E-state index >= 15 is 0 Å². The lowest BCUT2D eigenvalue weighted by Gasteiger charge is -2.43. The number of nitrogens with zero attached hydrogens (tertiary/aromatic N) is 2. The average molecular weight is 442 g/mol. The minimum atomic E-state index is -0.206. The van der Waals surface area contributed by atoms with Crippen LogP contribution in [0.25, 0.3) is 0 Å². The van der Waals surface area contributed by atoms with Gasteiger partial charge >= 0.3 is 6.03 Å². The number of carbonyl (C=O) groups is 2. The van der Waals surface area contributed by atoms with Crippen LogP contribution < -0.4 is 15.1 Å². The Balaban J connectivity index is 1.82. The minimum Gasteiger partial charge on any atom is -0.309 e. The Kier molecular flexibility index (Phi) is 6.50. The van der Waals surface area contributed by atoms with E-state index in [2.05, 4.69) is 18.3 Å². The Labute approximate surface area is 196 Å². The van der Waals surface area contributed by atoms with E-state index < -0.39 is 0 Å². The van der Waals surface area contributed by atoms with Gasteiger partial charge in [0.05, 0.1) is 6.04 Å². The highest BCUT2D eigenvalue weighted by atomic mass is 16.2. The molecule has 3 aromatic rings. The van der Waals surface area contributed by atoms with Gasteiger partial charge in [0, 0.05) is 29.5 Å². The van der Waals surface area contributed by atoms with Crippen molar-refractivity contribution in [3.63, 3.8) is 0 Å². The van der Waals surface area contributed by atoms with E-state index in [1.165, 1.54) is 0 Å². The molecular formula is C28H31N3O2. The molecule has 33 heavy (non-hydrogen) atoms. The molecule has 4 rings (SSSR count). The van der Waals surface area contributed by atoms with E-state index in [0.29, 0.717) is 12.8 Å². The monoisotopic (exact) mass is 441 g/mol. The summed E-state index contributed by atoms with van der Waals surface area (Å²) in [4.78, 5) is 30.3. The molecule has 0 saturated heterocycles. The number of fused-ring (bicyclic) bond motifs is 1. The van der Waals surface area contributed by atoms with Crippen LogP contribution in [0.4, 0.5) is 21.9 Å². The minimum absolute atomic E-state index is 0.0323. The molecular weight excluding hydrogens is 410 g/mol. The van der Waals surface area contributed by atoms with Crippen molar-refractivity contribution < 1.29 is 9.59 Å². The zero-order valence-electron chi connectivity index (χ0n) is 19.7. The normalized spacial score (nSPS) is 17.3. The van der Waals surface area contributed by atoms with Gasteiger partial charge in [-0.3, -0.25) is 9.69 Å². The van der Waals surface area contributed by atoms with E-state index in [4.69, 9.17) is 0 Å². The van der Waals surface area contributed by atoms with Gasteiger partial charge in [-0.25, -0.2) is 4.79 Å². The van der Waals surface area contributed by atoms with Crippen LogP contribution in [-0.2, 0) is 4.79 Å². The molecule has 170 valence electrons. The second kappa shape index (κ2) is 9.49. The van der Waals surface area contributed by atoms with E-state index in [1.807, 2.05) is 97.3 Å². The number of rotatable bonds is 4. The van der Waals surface area contributed by atoms with Gasteiger partial charge in [0.15, 0.2) is 0 Å². The van der Waals surface area contributed by atoms with Crippen molar-refractivity contribution in [2.24, 2.45) is 0 Å². The number of aryl methyl sites for hydroxylation is 2. The summed E-state index contributed by atoms with van der Waals surface area (Å²) >= 11 is 0. The largest absolute Gasteiger partial charge is 0.326 e. The lowest BCUT2D eigenvalue weighted by molar-refractivity contribution is -0.118. The predicted octanol–water partition coefficient (Wildman–Crippen LogP) is 6.62. The molecule has 1 aliphatic rings. The van der Waals surface area contributed by atoms with Gasteiger partial charge in [-0.2, -0.15) is 0 Å². The Bertz CT molecular complexity index is 1140. The second-order valence-corrected chi connectivity index (χ2v) is 8.78. The summed E-state index contributed by atoms with van der Waals surface area (Å²) in [5.74, 6) is 0.0988. The maximum Gasteiger partial charge on any atom is 0.326 e. The van der Waals surface area contributed by atoms with Crippen molar-refractivity contribution in [3.8, 4) is 0 Å². The second-order valence-electron chi connectivity index (χ2n) is 8.78. The van der Waals surface area contributed by atoms with Gasteiger partial charge in [0.25, 0.3) is 0 Å². The maximum atomic E-state index is 13.7. The lowest BCUT2D eigenvalue weighted by Crippen LogP contribution is -2.48. The molecule has 0 spiro atoms. The third-order valence-electron chi connectivity index (χ3n) is 6.25. The molecule has 0 fully saturated rings. The van der Waals surface area contributed by atoms with Crippen LogP contribution in [0.1, 0.15) is 49.4 Å². The molecule has 3 amide bonds. The summed E-state index contributed by atoms with van der Waals surface area (Å²) < 4.78 is 0. The number of benzene rings is 3. The van der Waals surface area contributed by atoms with Crippen LogP contribution in [0.2, 0.25) is 0 Å². The number of hydrogen-bond donors (Lipinski definition) is 1. The number of anilines is 3. The highest BCUT2D eigenvalue weighted by molar-refractivity contribution is 6.03. The standard InChI is InChI=1S/C28H31N3O2/c1-5-27(32)30-21(4)18-26(24-17-20(3)13-16-25(24)30)31(23-14-11-19(2)12-15-23)28(33)29-22-9-7-6-8-10-22/h6-17,21,26H,5,18H2,1-4H3,(H,29,33)/t21-,26-/m1/s1. The molecule has 0 aromatic heterocycles. The van der Waals surface area contributed by atoms with Gasteiger partial charge in [0.2, 0.25) is 5.91 Å². The fraction of sp³-hybridized carbons (Fsp3) is 0.286. The van der Waals surface area contributed by atoms with Crippen LogP contribution in [0, 0.1) is 13.8 Å². The Morgan fingerprint density at radius 1 is 0.970 bits per heavy atom. The molecule has 0 bridgehead atoms. The summed E-state index contributed by atoms with van der Waals surface area (Å²) in [5, 5.41) is 3.06. The van der Waals surface area contributed by atoms with Crippen LogP contribution in [0.15, 0.2) is 72.8 Å². The molecule has 1 aliphatic heterocycles. The Morgan fingerprint density at radius 2 is 1.64 bits per heavy atom. The number of nitrogens with one attached hydrogen (secondary N) is 1. The van der Waals surface area contributed by atoms with Crippen molar-refractivity contribution in [1.82, 2.24) is 0 Å². The van der Waals surface area contributed by atoms with Crippen molar-refractivity contribution in [2.75, 3.05) is 15.1 Å². The quantitative estimate of drug-likeness (QED) is 0.495. The van der Waals surface area contributed by atoms with Gasteiger partial charge in [-0.15, -0.1) is 0 Å². The first kappa shape index (κ1) is 22.6. The van der Waals surface area contributed by atoms with Crippen LogP contribution >= 0.6 is 0 Å². The first-order valence-electron chi connectivity index (χ1n) is 11.5. The van der Waals surface area contributed by atoms with E-state index in [9.17, 15) is 9.59 Å². The lowest BCUT2D eigenvalue weighted by atomic mass is 9.89. The first-order valence-corrected chi connectivity index (χ1v) is 11.5. The topological polar surface area (TPSA) is 52.7 Å². The van der Waals surface area contributed by atoms with Gasteiger partial charge < -0.3 is 10.2 Å². The Hall–Kier alpha value is -3.60. The molecule has 0 radical (unpaired) electrons. The summed E-state index contributed by atoms with van der Waals surface area (Å²) in [7, 11) is 0. The van der Waals surface area contributed by atoms with Crippen LogP contribution in [0.3, 0.4) is 0 Å². The average Bonchev–Trinajstić information content (AvgIpc) is 2.81. The van der Waals surface area contributed by atoms with E-state index in [0.717, 1.165) is 33.8 Å². The molecule has 3 aromatic carbocycles. The van der Waals surface area contributed by atoms with Gasteiger partial charge in [0.1, 0.15) is 0 Å². The van der Waals surface area contributed by atoms with Crippen molar-refractivity contribution in [1.29, 1.82) is 0 Å². The zero-order chi connectivity index (χ0) is 23.5. The summed E-state index contributed by atoms with van der Waals surface area (Å²) in [6, 6.07) is 23.3. The number of hydrogen-bond acceptors (Lipinski definition) is 2. The smallest absolute Gasteiger partial charge is 0.309 e. The number of para-hydroxylation sites is 1. The highest BCUT2D eigenvalue weighted by Crippen LogP contribution is 2.43. The fourth-order valence-corrected chi connectivity index (χ4v) is 4.60. The summed E-state index contributed by atoms with van der Waals surface area (Å²) in [5.41, 5.74) is 5.70. The first-order chi connectivity index (χ1) is 15.9. The number of carbonyl (C=O) groups excluding carboxylic acids is 2. The van der Waals surface area contributed by atoms with Crippen molar-refractivity contribution in [2.45, 2.75) is 52.6 Å². The molecule has 2 atom stereocenters. The van der Waals surface area contributed by atoms with Gasteiger partial charge in [-0.1, -0.05) is 60.5 Å². The van der Waals surface area contributed by atoms with Crippen LogP contribution in [0.5, 0.6) is 0 Å². The zero-order valence-corrected chi connectivity index (χ0v) is 19.7. The third-order valence-corrected chi connectivity index (χ3v) is 6.25. The van der Waals surface area contributed by atoms with E-state index in [1.54, 1.807) is 0 Å². The van der Waals surface area contributed by atoms with Crippen molar-refractivity contribution >= 4 is 29.0 Å².